The zero-order valence-electron chi connectivity index (χ0n) is 11.9. The lowest BCUT2D eigenvalue weighted by atomic mass is 10.2. The minimum Gasteiger partial charge on any atom is -0.508 e. The molecule has 2 aromatic rings. The van der Waals surface area contributed by atoms with E-state index in [0.717, 1.165) is 4.47 Å². The molecular weight excluding hydrogens is 364 g/mol. The number of amides is 1. The summed E-state index contributed by atoms with van der Waals surface area (Å²) in [7, 11) is 0. The van der Waals surface area contributed by atoms with Gasteiger partial charge in [0.1, 0.15) is 12.4 Å². The molecule has 0 bridgehead atoms. The summed E-state index contributed by atoms with van der Waals surface area (Å²) < 4.78 is 11.8. The summed E-state index contributed by atoms with van der Waals surface area (Å²) in [5.74, 6) is 0.843. The fourth-order valence-electron chi connectivity index (χ4n) is 2.02. The summed E-state index contributed by atoms with van der Waals surface area (Å²) in [5, 5.41) is 13.3. The molecule has 6 nitrogen and oxygen atoms in total. The van der Waals surface area contributed by atoms with Crippen LogP contribution in [0.25, 0.3) is 0 Å². The summed E-state index contributed by atoms with van der Waals surface area (Å²) in [6, 6.07) is 11.9. The Kier molecular flexibility index (Phi) is 4.47. The minimum absolute atomic E-state index is 0.113. The molecule has 0 fully saturated rings. The number of carbonyl (C=O) groups excluding carboxylic acids is 1. The Morgan fingerprint density at radius 3 is 2.91 bits per heavy atom. The monoisotopic (exact) mass is 376 g/mol. The van der Waals surface area contributed by atoms with E-state index in [-0.39, 0.29) is 12.4 Å². The van der Waals surface area contributed by atoms with Gasteiger partial charge < -0.3 is 14.6 Å². The Morgan fingerprint density at radius 1 is 1.30 bits per heavy atom. The van der Waals surface area contributed by atoms with Crippen molar-refractivity contribution in [3.05, 3.63) is 52.5 Å². The van der Waals surface area contributed by atoms with E-state index < -0.39 is 12.0 Å². The number of ether oxygens (including phenoxy) is 2. The molecular formula is C16H13BrN2O4. The SMILES string of the molecule is O=C(N/N=C/c1cc(O)ccc1Br)C1COc2ccccc2O1. The Labute approximate surface area is 140 Å². The second kappa shape index (κ2) is 6.70. The van der Waals surface area contributed by atoms with Gasteiger partial charge in [-0.1, -0.05) is 28.1 Å². The highest BCUT2D eigenvalue weighted by atomic mass is 79.9. The number of hydrazone groups is 1. The largest absolute Gasteiger partial charge is 0.508 e. The van der Waals surface area contributed by atoms with E-state index in [1.165, 1.54) is 12.3 Å². The number of nitrogens with one attached hydrogen (secondary N) is 1. The van der Waals surface area contributed by atoms with E-state index in [0.29, 0.717) is 17.1 Å². The third-order valence-corrected chi connectivity index (χ3v) is 3.88. The lowest BCUT2D eigenvalue weighted by molar-refractivity contribution is -0.130. The number of fused-ring (bicyclic) bond motifs is 1. The van der Waals surface area contributed by atoms with Gasteiger partial charge in [0.05, 0.1) is 6.21 Å². The van der Waals surface area contributed by atoms with Gasteiger partial charge in [-0.2, -0.15) is 5.10 Å². The Morgan fingerprint density at radius 2 is 2.09 bits per heavy atom. The van der Waals surface area contributed by atoms with Crippen molar-refractivity contribution in [1.82, 2.24) is 5.43 Å². The first-order valence-electron chi connectivity index (χ1n) is 6.83. The predicted octanol–water partition coefficient (Wildman–Crippen LogP) is 2.44. The van der Waals surface area contributed by atoms with Crippen molar-refractivity contribution < 1.29 is 19.4 Å². The first-order valence-corrected chi connectivity index (χ1v) is 7.63. The quantitative estimate of drug-likeness (QED) is 0.636. The van der Waals surface area contributed by atoms with E-state index in [2.05, 4.69) is 26.5 Å². The van der Waals surface area contributed by atoms with Gasteiger partial charge in [0.2, 0.25) is 6.10 Å². The van der Waals surface area contributed by atoms with Crippen LogP contribution in [0.3, 0.4) is 0 Å². The smallest absolute Gasteiger partial charge is 0.284 e. The fourth-order valence-corrected chi connectivity index (χ4v) is 2.37. The molecule has 2 N–H and O–H groups in total. The molecule has 23 heavy (non-hydrogen) atoms. The summed E-state index contributed by atoms with van der Waals surface area (Å²) in [6.07, 6.45) is 0.661. The van der Waals surface area contributed by atoms with E-state index in [1.54, 1.807) is 30.3 Å². The van der Waals surface area contributed by atoms with Crippen molar-refractivity contribution in [2.45, 2.75) is 6.10 Å². The zero-order chi connectivity index (χ0) is 16.2. The van der Waals surface area contributed by atoms with Crippen LogP contribution in [0.15, 0.2) is 52.0 Å². The molecule has 0 aromatic heterocycles. The topological polar surface area (TPSA) is 80.2 Å². The average molecular weight is 377 g/mol. The highest BCUT2D eigenvalue weighted by Crippen LogP contribution is 2.30. The third kappa shape index (κ3) is 3.62. The normalized spacial score (nSPS) is 16.3. The van der Waals surface area contributed by atoms with Gasteiger partial charge >= 0.3 is 0 Å². The van der Waals surface area contributed by atoms with Gasteiger partial charge in [-0.15, -0.1) is 0 Å². The predicted molar refractivity (Wildman–Crippen MR) is 87.9 cm³/mol. The number of halogens is 1. The molecule has 0 radical (unpaired) electrons. The number of phenols is 1. The van der Waals surface area contributed by atoms with Gasteiger partial charge in [0.25, 0.3) is 5.91 Å². The number of aromatic hydroxyl groups is 1. The summed E-state index contributed by atoms with van der Waals surface area (Å²) in [4.78, 5) is 12.1. The highest BCUT2D eigenvalue weighted by Gasteiger charge is 2.26. The van der Waals surface area contributed by atoms with Crippen LogP contribution in [-0.2, 0) is 4.79 Å². The summed E-state index contributed by atoms with van der Waals surface area (Å²) >= 11 is 3.33. The van der Waals surface area contributed by atoms with Crippen molar-refractivity contribution in [2.24, 2.45) is 5.10 Å². The molecule has 3 rings (SSSR count). The number of nitrogens with zero attached hydrogens (tertiary/aromatic N) is 1. The van der Waals surface area contributed by atoms with Gasteiger partial charge in [-0.25, -0.2) is 5.43 Å². The van der Waals surface area contributed by atoms with E-state index in [4.69, 9.17) is 9.47 Å². The molecule has 0 aliphatic carbocycles. The lowest BCUT2D eigenvalue weighted by Crippen LogP contribution is -2.42. The fraction of sp³-hybridized carbons (Fsp3) is 0.125. The summed E-state index contributed by atoms with van der Waals surface area (Å²) in [5.41, 5.74) is 3.04. The van der Waals surface area contributed by atoms with Crippen LogP contribution in [0.4, 0.5) is 0 Å². The number of phenolic OH excluding ortho intramolecular Hbond substituents is 1. The Hall–Kier alpha value is -2.54. The van der Waals surface area contributed by atoms with Crippen LogP contribution in [0.2, 0.25) is 0 Å². The number of hydrogen-bond donors (Lipinski definition) is 2. The minimum atomic E-state index is -0.769. The number of rotatable bonds is 3. The molecule has 1 unspecified atom stereocenters. The molecule has 118 valence electrons. The number of carbonyl (C=O) groups is 1. The molecule has 7 heteroatoms. The van der Waals surface area contributed by atoms with Crippen LogP contribution < -0.4 is 14.9 Å². The molecule has 0 spiro atoms. The second-order valence-corrected chi connectivity index (χ2v) is 5.66. The van der Waals surface area contributed by atoms with Crippen LogP contribution in [0, 0.1) is 0 Å². The number of hydrogen-bond acceptors (Lipinski definition) is 5. The number of para-hydroxylation sites is 2. The third-order valence-electron chi connectivity index (χ3n) is 3.16. The molecule has 1 heterocycles. The van der Waals surface area contributed by atoms with Crippen molar-refractivity contribution in [3.63, 3.8) is 0 Å². The van der Waals surface area contributed by atoms with E-state index in [1.807, 2.05) is 6.07 Å². The maximum absolute atomic E-state index is 12.1. The van der Waals surface area contributed by atoms with Gasteiger partial charge in [0.15, 0.2) is 11.5 Å². The number of benzene rings is 2. The molecule has 0 saturated heterocycles. The maximum Gasteiger partial charge on any atom is 0.284 e. The van der Waals surface area contributed by atoms with Crippen molar-refractivity contribution in [2.75, 3.05) is 6.61 Å². The zero-order valence-corrected chi connectivity index (χ0v) is 13.5. The van der Waals surface area contributed by atoms with Gasteiger partial charge in [-0.3, -0.25) is 4.79 Å². The maximum atomic E-state index is 12.1. The van der Waals surface area contributed by atoms with Crippen molar-refractivity contribution in [3.8, 4) is 17.2 Å². The molecule has 1 atom stereocenters. The van der Waals surface area contributed by atoms with Crippen LogP contribution in [0.5, 0.6) is 17.2 Å². The van der Waals surface area contributed by atoms with Crippen LogP contribution in [-0.4, -0.2) is 29.9 Å². The van der Waals surface area contributed by atoms with Gasteiger partial charge in [-0.05, 0) is 30.3 Å². The van der Waals surface area contributed by atoms with Gasteiger partial charge in [0, 0.05) is 10.0 Å². The molecule has 0 saturated carbocycles. The molecule has 2 aromatic carbocycles. The summed E-state index contributed by atoms with van der Waals surface area (Å²) in [6.45, 7) is 0.119. The van der Waals surface area contributed by atoms with Crippen molar-refractivity contribution >= 4 is 28.1 Å². The second-order valence-electron chi connectivity index (χ2n) is 4.80. The average Bonchev–Trinajstić information content (AvgIpc) is 2.57. The van der Waals surface area contributed by atoms with E-state index in [9.17, 15) is 9.90 Å². The van der Waals surface area contributed by atoms with E-state index >= 15 is 0 Å². The molecule has 1 aliphatic rings. The lowest BCUT2D eigenvalue weighted by Gasteiger charge is -2.24. The van der Waals surface area contributed by atoms with Crippen LogP contribution in [0.1, 0.15) is 5.56 Å². The Bertz CT molecular complexity index is 763. The first kappa shape index (κ1) is 15.4. The molecule has 1 aliphatic heterocycles. The Balaban J connectivity index is 1.62. The standard InChI is InChI=1S/C16H13BrN2O4/c17-12-6-5-11(20)7-10(12)8-18-19-16(21)15-9-22-13-3-1-2-4-14(13)23-15/h1-8,15,20H,9H2,(H,19,21)/b18-8+. The molecule has 1 amide bonds. The first-order chi connectivity index (χ1) is 11.1. The van der Waals surface area contributed by atoms with Crippen LogP contribution >= 0.6 is 15.9 Å². The highest BCUT2D eigenvalue weighted by molar-refractivity contribution is 9.10. The van der Waals surface area contributed by atoms with Crippen molar-refractivity contribution in [1.29, 1.82) is 0 Å².